The number of amides is 1. The van der Waals surface area contributed by atoms with Crippen molar-refractivity contribution in [2.45, 2.75) is 18.9 Å². The molecule has 5 heteroatoms. The minimum absolute atomic E-state index is 0.0932. The van der Waals surface area contributed by atoms with Crippen LogP contribution in [-0.2, 0) is 9.53 Å². The molecule has 2 aliphatic heterocycles. The first kappa shape index (κ1) is 13.4. The van der Waals surface area contributed by atoms with E-state index in [2.05, 4.69) is 0 Å². The lowest BCUT2D eigenvalue weighted by molar-refractivity contribution is -0.141. The van der Waals surface area contributed by atoms with Gasteiger partial charge in [0, 0.05) is 32.8 Å². The lowest BCUT2D eigenvalue weighted by Crippen LogP contribution is -2.51. The Morgan fingerprint density at radius 1 is 1.20 bits per heavy atom. The van der Waals surface area contributed by atoms with E-state index >= 15 is 0 Å². The minimum atomic E-state index is -0.255. The van der Waals surface area contributed by atoms with Crippen molar-refractivity contribution in [2.75, 3.05) is 37.7 Å². The van der Waals surface area contributed by atoms with Crippen LogP contribution in [0.4, 0.5) is 10.1 Å². The second-order valence-corrected chi connectivity index (χ2v) is 5.27. The van der Waals surface area contributed by atoms with Crippen molar-refractivity contribution >= 4 is 11.6 Å². The number of rotatable bonds is 2. The number of hydrogen-bond donors (Lipinski definition) is 0. The number of carbonyl (C=O) groups excluding carboxylic acids is 1. The van der Waals surface area contributed by atoms with Gasteiger partial charge in [0.25, 0.3) is 5.91 Å². The third kappa shape index (κ3) is 2.63. The third-order valence-corrected chi connectivity index (χ3v) is 3.99. The van der Waals surface area contributed by atoms with E-state index in [0.29, 0.717) is 38.5 Å². The molecule has 0 aromatic heterocycles. The molecule has 20 heavy (non-hydrogen) atoms. The van der Waals surface area contributed by atoms with Crippen LogP contribution in [0.25, 0.3) is 0 Å². The lowest BCUT2D eigenvalue weighted by Gasteiger charge is -2.37. The first-order valence-corrected chi connectivity index (χ1v) is 7.15. The van der Waals surface area contributed by atoms with E-state index in [-0.39, 0.29) is 17.8 Å². The molecule has 1 amide bonds. The maximum absolute atomic E-state index is 13.7. The van der Waals surface area contributed by atoms with E-state index in [0.717, 1.165) is 12.8 Å². The molecule has 2 heterocycles. The molecule has 0 bridgehead atoms. The molecule has 0 unspecified atom stereocenters. The van der Waals surface area contributed by atoms with Crippen molar-refractivity contribution in [3.8, 4) is 0 Å². The molecule has 0 spiro atoms. The van der Waals surface area contributed by atoms with Crippen LogP contribution < -0.4 is 4.90 Å². The van der Waals surface area contributed by atoms with Gasteiger partial charge in [0.2, 0.25) is 0 Å². The molecule has 0 saturated carbocycles. The second kappa shape index (κ2) is 5.79. The van der Waals surface area contributed by atoms with E-state index < -0.39 is 0 Å². The molecule has 1 aromatic carbocycles. The van der Waals surface area contributed by atoms with Gasteiger partial charge in [-0.3, -0.25) is 4.79 Å². The first-order valence-electron chi connectivity index (χ1n) is 7.15. The minimum Gasteiger partial charge on any atom is -0.368 e. The number of halogens is 1. The molecule has 0 aliphatic carbocycles. The third-order valence-electron chi connectivity index (χ3n) is 3.99. The van der Waals surface area contributed by atoms with Crippen LogP contribution >= 0.6 is 0 Å². The van der Waals surface area contributed by atoms with E-state index in [1.54, 1.807) is 12.1 Å². The SMILES string of the molecule is O=C([C@@H]1CCCO1)N1CCN(c2ccccc2F)CC1. The number of ether oxygens (including phenoxy) is 1. The molecule has 3 rings (SSSR count). The normalized spacial score (nSPS) is 23.1. The molecular weight excluding hydrogens is 259 g/mol. The van der Waals surface area contributed by atoms with Crippen molar-refractivity contribution in [2.24, 2.45) is 0 Å². The smallest absolute Gasteiger partial charge is 0.251 e. The Balaban J connectivity index is 1.59. The fraction of sp³-hybridized carbons (Fsp3) is 0.533. The van der Waals surface area contributed by atoms with Gasteiger partial charge >= 0.3 is 0 Å². The van der Waals surface area contributed by atoms with Gasteiger partial charge in [-0.2, -0.15) is 0 Å². The highest BCUT2D eigenvalue weighted by Crippen LogP contribution is 2.21. The molecule has 2 aliphatic rings. The van der Waals surface area contributed by atoms with Crippen molar-refractivity contribution in [1.82, 2.24) is 4.90 Å². The Labute approximate surface area is 118 Å². The van der Waals surface area contributed by atoms with Crippen molar-refractivity contribution in [3.05, 3.63) is 30.1 Å². The van der Waals surface area contributed by atoms with Crippen LogP contribution in [0.1, 0.15) is 12.8 Å². The summed E-state index contributed by atoms with van der Waals surface area (Å²) >= 11 is 0. The average molecular weight is 278 g/mol. The van der Waals surface area contributed by atoms with Crippen LogP contribution in [0.15, 0.2) is 24.3 Å². The number of hydrogen-bond acceptors (Lipinski definition) is 3. The predicted octanol–water partition coefficient (Wildman–Crippen LogP) is 1.65. The zero-order valence-corrected chi connectivity index (χ0v) is 11.4. The maximum Gasteiger partial charge on any atom is 0.251 e. The summed E-state index contributed by atoms with van der Waals surface area (Å²) < 4.78 is 19.2. The Hall–Kier alpha value is -1.62. The summed E-state index contributed by atoms with van der Waals surface area (Å²) in [5, 5.41) is 0. The standard InChI is InChI=1S/C15H19FN2O2/c16-12-4-1-2-5-13(12)17-7-9-18(10-8-17)15(19)14-6-3-11-20-14/h1-2,4-5,14H,3,6-11H2/t14-/m0/s1. The summed E-state index contributed by atoms with van der Waals surface area (Å²) in [6.07, 6.45) is 1.54. The molecule has 1 aromatic rings. The second-order valence-electron chi connectivity index (χ2n) is 5.27. The quantitative estimate of drug-likeness (QED) is 0.824. The van der Waals surface area contributed by atoms with Gasteiger partial charge in [-0.1, -0.05) is 12.1 Å². The van der Waals surface area contributed by atoms with Crippen LogP contribution in [-0.4, -0.2) is 49.7 Å². The largest absolute Gasteiger partial charge is 0.368 e. The van der Waals surface area contributed by atoms with Crippen LogP contribution in [0.5, 0.6) is 0 Å². The summed E-state index contributed by atoms with van der Waals surface area (Å²) in [4.78, 5) is 16.1. The molecule has 2 saturated heterocycles. The Bertz CT molecular complexity index is 481. The number of carbonyl (C=O) groups is 1. The van der Waals surface area contributed by atoms with E-state index in [1.165, 1.54) is 6.07 Å². The molecular formula is C15H19FN2O2. The van der Waals surface area contributed by atoms with Crippen LogP contribution in [0.2, 0.25) is 0 Å². The zero-order valence-electron chi connectivity index (χ0n) is 11.4. The van der Waals surface area contributed by atoms with Gasteiger partial charge in [0.15, 0.2) is 0 Å². The fourth-order valence-electron chi connectivity index (χ4n) is 2.85. The van der Waals surface area contributed by atoms with Gasteiger partial charge in [-0.15, -0.1) is 0 Å². The van der Waals surface area contributed by atoms with Gasteiger partial charge in [-0.05, 0) is 25.0 Å². The number of anilines is 1. The van der Waals surface area contributed by atoms with E-state index in [9.17, 15) is 9.18 Å². The van der Waals surface area contributed by atoms with Gasteiger partial charge in [0.1, 0.15) is 11.9 Å². The summed E-state index contributed by atoms with van der Waals surface area (Å²) in [6.45, 7) is 3.28. The van der Waals surface area contributed by atoms with E-state index in [4.69, 9.17) is 4.74 Å². The summed E-state index contributed by atoms with van der Waals surface area (Å²) in [5.41, 5.74) is 0.622. The lowest BCUT2D eigenvalue weighted by atomic mass is 10.2. The summed E-state index contributed by atoms with van der Waals surface area (Å²) in [7, 11) is 0. The monoisotopic (exact) mass is 278 g/mol. The highest BCUT2D eigenvalue weighted by atomic mass is 19.1. The molecule has 4 nitrogen and oxygen atoms in total. The van der Waals surface area contributed by atoms with Crippen molar-refractivity contribution in [1.29, 1.82) is 0 Å². The molecule has 1 atom stereocenters. The van der Waals surface area contributed by atoms with Crippen molar-refractivity contribution in [3.63, 3.8) is 0 Å². The fourth-order valence-corrected chi connectivity index (χ4v) is 2.85. The Kier molecular flexibility index (Phi) is 3.87. The molecule has 108 valence electrons. The van der Waals surface area contributed by atoms with Gasteiger partial charge in [0.05, 0.1) is 5.69 Å². The first-order chi connectivity index (χ1) is 9.75. The molecule has 0 radical (unpaired) electrons. The summed E-state index contributed by atoms with van der Waals surface area (Å²) in [5.74, 6) is -0.109. The number of nitrogens with zero attached hydrogens (tertiary/aromatic N) is 2. The van der Waals surface area contributed by atoms with E-state index in [1.807, 2.05) is 15.9 Å². The summed E-state index contributed by atoms with van der Waals surface area (Å²) in [6, 6.07) is 6.78. The number of piperazine rings is 1. The average Bonchev–Trinajstić information content (AvgIpc) is 3.01. The van der Waals surface area contributed by atoms with Crippen LogP contribution in [0, 0.1) is 5.82 Å². The zero-order chi connectivity index (χ0) is 13.9. The van der Waals surface area contributed by atoms with Gasteiger partial charge < -0.3 is 14.5 Å². The Morgan fingerprint density at radius 3 is 2.60 bits per heavy atom. The molecule has 0 N–H and O–H groups in total. The highest BCUT2D eigenvalue weighted by molar-refractivity contribution is 5.81. The Morgan fingerprint density at radius 2 is 1.95 bits per heavy atom. The topological polar surface area (TPSA) is 32.8 Å². The van der Waals surface area contributed by atoms with Crippen molar-refractivity contribution < 1.29 is 13.9 Å². The predicted molar refractivity (Wildman–Crippen MR) is 74.2 cm³/mol. The maximum atomic E-state index is 13.7. The van der Waals surface area contributed by atoms with Crippen LogP contribution in [0.3, 0.4) is 0 Å². The number of benzene rings is 1. The molecule has 2 fully saturated rings. The highest BCUT2D eigenvalue weighted by Gasteiger charge is 2.30. The van der Waals surface area contributed by atoms with Gasteiger partial charge in [-0.25, -0.2) is 4.39 Å². The number of para-hydroxylation sites is 1.